The van der Waals surface area contributed by atoms with Crippen LogP contribution in [0.4, 0.5) is 0 Å². The molecule has 7 nitrogen and oxygen atoms in total. The second-order valence-electron chi connectivity index (χ2n) is 5.35. The number of fused-ring (bicyclic) bond motifs is 1. The normalized spacial score (nSPS) is 14.4. The van der Waals surface area contributed by atoms with Crippen LogP contribution in [0.25, 0.3) is 10.8 Å². The van der Waals surface area contributed by atoms with Crippen LogP contribution in [0.5, 0.6) is 0 Å². The maximum absolute atomic E-state index is 12.3. The fraction of sp³-hybridized carbons (Fsp3) is 0.312. The van der Waals surface area contributed by atoms with Crippen molar-refractivity contribution in [3.63, 3.8) is 0 Å². The van der Waals surface area contributed by atoms with Crippen molar-refractivity contribution in [1.29, 1.82) is 0 Å². The second kappa shape index (κ2) is 6.01. The Morgan fingerprint density at radius 3 is 2.87 bits per heavy atom. The summed E-state index contributed by atoms with van der Waals surface area (Å²) in [5.41, 5.74) is -0.322. The molecule has 0 aromatic carbocycles. The number of nitrogens with one attached hydrogen (secondary N) is 2. The van der Waals surface area contributed by atoms with Gasteiger partial charge in [0.05, 0.1) is 10.9 Å². The van der Waals surface area contributed by atoms with Crippen molar-refractivity contribution in [2.75, 3.05) is 6.54 Å². The zero-order valence-electron chi connectivity index (χ0n) is 12.4. The van der Waals surface area contributed by atoms with E-state index in [-0.39, 0.29) is 11.5 Å². The third kappa shape index (κ3) is 3.11. The van der Waals surface area contributed by atoms with Crippen LogP contribution in [0.15, 0.2) is 39.7 Å². The molecule has 7 heteroatoms. The SMILES string of the molecule is C#CCCC1(CCNC(=O)c2cncc3c(=O)[nH]ccc23)N=N1. The molecule has 0 atom stereocenters. The number of terminal acetylenes is 1. The molecule has 0 aliphatic carbocycles. The van der Waals surface area contributed by atoms with Gasteiger partial charge in [-0.3, -0.25) is 14.6 Å². The third-order valence-electron chi connectivity index (χ3n) is 3.80. The molecule has 2 aromatic heterocycles. The Morgan fingerprint density at radius 1 is 1.30 bits per heavy atom. The molecule has 0 saturated carbocycles. The average Bonchev–Trinajstić information content (AvgIpc) is 3.33. The maximum atomic E-state index is 12.3. The monoisotopic (exact) mass is 309 g/mol. The highest BCUT2D eigenvalue weighted by molar-refractivity contribution is 6.06. The van der Waals surface area contributed by atoms with Gasteiger partial charge in [-0.05, 0) is 6.07 Å². The standard InChI is InChI=1S/C16H15N5O2/c1-2-3-5-16(20-21-16)6-8-19-15(23)13-10-17-9-12-11(13)4-7-18-14(12)22/h1,4,7,9-10H,3,5-6,8H2,(H,18,22)(H,19,23). The minimum atomic E-state index is -0.423. The topological polar surface area (TPSA) is 99.6 Å². The highest BCUT2D eigenvalue weighted by atomic mass is 16.1. The Morgan fingerprint density at radius 2 is 2.13 bits per heavy atom. The fourth-order valence-electron chi connectivity index (χ4n) is 2.43. The molecule has 1 aliphatic rings. The Hall–Kier alpha value is -3.01. The van der Waals surface area contributed by atoms with Crippen LogP contribution in [-0.4, -0.2) is 28.1 Å². The van der Waals surface area contributed by atoms with Crippen molar-refractivity contribution >= 4 is 16.7 Å². The molecule has 116 valence electrons. The van der Waals surface area contributed by atoms with E-state index >= 15 is 0 Å². The third-order valence-corrected chi connectivity index (χ3v) is 3.80. The molecule has 0 spiro atoms. The Labute approximate surface area is 132 Å². The van der Waals surface area contributed by atoms with E-state index in [2.05, 4.69) is 31.4 Å². The zero-order chi connectivity index (χ0) is 16.3. The molecule has 1 aliphatic heterocycles. The van der Waals surface area contributed by atoms with Crippen molar-refractivity contribution in [3.05, 3.63) is 40.6 Å². The summed E-state index contributed by atoms with van der Waals surface area (Å²) in [5.74, 6) is 2.29. The van der Waals surface area contributed by atoms with Crippen molar-refractivity contribution in [2.45, 2.75) is 24.9 Å². The van der Waals surface area contributed by atoms with Crippen molar-refractivity contribution in [2.24, 2.45) is 10.2 Å². The quantitative estimate of drug-likeness (QED) is 0.793. The molecular weight excluding hydrogens is 294 g/mol. The largest absolute Gasteiger partial charge is 0.352 e. The molecule has 1 amide bonds. The molecule has 0 fully saturated rings. The lowest BCUT2D eigenvalue weighted by Crippen LogP contribution is -2.28. The molecule has 0 radical (unpaired) electrons. The summed E-state index contributed by atoms with van der Waals surface area (Å²) in [4.78, 5) is 30.6. The van der Waals surface area contributed by atoms with Crippen LogP contribution < -0.4 is 10.9 Å². The first-order chi connectivity index (χ1) is 11.2. The summed E-state index contributed by atoms with van der Waals surface area (Å²) in [7, 11) is 0. The van der Waals surface area contributed by atoms with Crippen molar-refractivity contribution in [3.8, 4) is 12.3 Å². The number of pyridine rings is 2. The van der Waals surface area contributed by atoms with Gasteiger partial charge in [0.1, 0.15) is 0 Å². The number of aromatic nitrogens is 2. The molecule has 0 saturated heterocycles. The number of hydrogen-bond donors (Lipinski definition) is 2. The van der Waals surface area contributed by atoms with Gasteiger partial charge in [0.25, 0.3) is 11.5 Å². The van der Waals surface area contributed by atoms with E-state index in [0.717, 1.165) is 0 Å². The van der Waals surface area contributed by atoms with E-state index in [1.165, 1.54) is 18.6 Å². The van der Waals surface area contributed by atoms with Crippen LogP contribution in [-0.2, 0) is 0 Å². The van der Waals surface area contributed by atoms with Gasteiger partial charge in [0, 0.05) is 49.8 Å². The summed E-state index contributed by atoms with van der Waals surface area (Å²) in [5, 5.41) is 11.8. The van der Waals surface area contributed by atoms with E-state index in [9.17, 15) is 9.59 Å². The molecule has 2 aromatic rings. The first-order valence-corrected chi connectivity index (χ1v) is 7.26. The van der Waals surface area contributed by atoms with Gasteiger partial charge in [-0.1, -0.05) is 0 Å². The maximum Gasteiger partial charge on any atom is 0.257 e. The van der Waals surface area contributed by atoms with Gasteiger partial charge in [-0.15, -0.1) is 12.3 Å². The zero-order valence-corrected chi connectivity index (χ0v) is 12.4. The molecule has 0 unspecified atom stereocenters. The molecule has 2 N–H and O–H groups in total. The highest BCUT2D eigenvalue weighted by Gasteiger charge is 2.38. The lowest BCUT2D eigenvalue weighted by Gasteiger charge is -2.10. The average molecular weight is 309 g/mol. The number of carbonyl (C=O) groups excluding carboxylic acids is 1. The van der Waals surface area contributed by atoms with Crippen LogP contribution in [0, 0.1) is 12.3 Å². The molecule has 3 rings (SSSR count). The van der Waals surface area contributed by atoms with Gasteiger partial charge in [0.15, 0.2) is 5.66 Å². The Balaban J connectivity index is 1.67. The number of carbonyl (C=O) groups is 1. The number of rotatable bonds is 6. The molecule has 3 heterocycles. The smallest absolute Gasteiger partial charge is 0.257 e. The summed E-state index contributed by atoms with van der Waals surface area (Å²) >= 11 is 0. The van der Waals surface area contributed by atoms with Gasteiger partial charge in [-0.2, -0.15) is 10.2 Å². The van der Waals surface area contributed by atoms with Crippen LogP contribution in [0.1, 0.15) is 29.6 Å². The number of hydrogen-bond acceptors (Lipinski definition) is 5. The van der Waals surface area contributed by atoms with E-state index in [1.807, 2.05) is 0 Å². The Kier molecular flexibility index (Phi) is 3.89. The molecule has 0 bridgehead atoms. The van der Waals surface area contributed by atoms with E-state index in [4.69, 9.17) is 6.42 Å². The van der Waals surface area contributed by atoms with Crippen LogP contribution in [0.3, 0.4) is 0 Å². The number of amides is 1. The van der Waals surface area contributed by atoms with Crippen LogP contribution in [0.2, 0.25) is 0 Å². The van der Waals surface area contributed by atoms with Gasteiger partial charge in [-0.25, -0.2) is 0 Å². The predicted octanol–water partition coefficient (Wildman–Crippen LogP) is 1.62. The first-order valence-electron chi connectivity index (χ1n) is 7.26. The fourth-order valence-corrected chi connectivity index (χ4v) is 2.43. The van der Waals surface area contributed by atoms with E-state index in [0.29, 0.717) is 42.1 Å². The highest BCUT2D eigenvalue weighted by Crippen LogP contribution is 2.36. The Bertz CT molecular complexity index is 872. The minimum Gasteiger partial charge on any atom is -0.352 e. The number of nitrogens with zero attached hydrogens (tertiary/aromatic N) is 3. The minimum absolute atomic E-state index is 0.270. The van der Waals surface area contributed by atoms with Gasteiger partial charge in [0.2, 0.25) is 0 Å². The molecular formula is C16H15N5O2. The van der Waals surface area contributed by atoms with Crippen LogP contribution >= 0.6 is 0 Å². The lowest BCUT2D eigenvalue weighted by molar-refractivity contribution is 0.0953. The summed E-state index contributed by atoms with van der Waals surface area (Å²) in [6, 6.07) is 1.69. The predicted molar refractivity (Wildman–Crippen MR) is 85.0 cm³/mol. The lowest BCUT2D eigenvalue weighted by atomic mass is 10.0. The van der Waals surface area contributed by atoms with E-state index in [1.54, 1.807) is 6.07 Å². The van der Waals surface area contributed by atoms with E-state index < -0.39 is 5.66 Å². The summed E-state index contributed by atoms with van der Waals surface area (Å²) < 4.78 is 0. The summed E-state index contributed by atoms with van der Waals surface area (Å²) in [6.07, 6.45) is 11.6. The number of H-pyrrole nitrogens is 1. The van der Waals surface area contributed by atoms with Gasteiger partial charge >= 0.3 is 0 Å². The van der Waals surface area contributed by atoms with Gasteiger partial charge < -0.3 is 10.3 Å². The van der Waals surface area contributed by atoms with Crippen molar-refractivity contribution < 1.29 is 4.79 Å². The molecule has 23 heavy (non-hydrogen) atoms. The second-order valence-corrected chi connectivity index (χ2v) is 5.35. The number of aromatic amines is 1. The first kappa shape index (κ1) is 14.9. The summed E-state index contributed by atoms with van der Waals surface area (Å²) in [6.45, 7) is 0.427. The van der Waals surface area contributed by atoms with Crippen molar-refractivity contribution in [1.82, 2.24) is 15.3 Å².